The summed E-state index contributed by atoms with van der Waals surface area (Å²) >= 11 is 7.38. The Morgan fingerprint density at radius 1 is 1.48 bits per heavy atom. The number of hydrogen-bond donors (Lipinski definition) is 0. The van der Waals surface area contributed by atoms with Gasteiger partial charge in [0.15, 0.2) is 0 Å². The van der Waals surface area contributed by atoms with Gasteiger partial charge in [0, 0.05) is 23.7 Å². The zero-order chi connectivity index (χ0) is 15.2. The van der Waals surface area contributed by atoms with E-state index in [1.54, 1.807) is 23.1 Å². The Hall–Kier alpha value is -1.85. The van der Waals surface area contributed by atoms with Gasteiger partial charge in [-0.25, -0.2) is 4.98 Å². The van der Waals surface area contributed by atoms with Crippen LogP contribution in [0.15, 0.2) is 43.1 Å². The number of rotatable bonds is 6. The molecule has 0 N–H and O–H groups in total. The zero-order valence-electron chi connectivity index (χ0n) is 11.6. The molecular formula is C15H15ClN2O2S. The Kier molecular flexibility index (Phi) is 5.36. The number of pyridine rings is 1. The van der Waals surface area contributed by atoms with Gasteiger partial charge in [0.1, 0.15) is 0 Å². The third-order valence-electron chi connectivity index (χ3n) is 2.80. The summed E-state index contributed by atoms with van der Waals surface area (Å²) < 4.78 is 5.70. The highest BCUT2D eigenvalue weighted by Crippen LogP contribution is 2.23. The van der Waals surface area contributed by atoms with Crippen molar-refractivity contribution in [3.05, 3.63) is 57.9 Å². The van der Waals surface area contributed by atoms with Crippen molar-refractivity contribution in [2.75, 3.05) is 13.7 Å². The van der Waals surface area contributed by atoms with Crippen LogP contribution in [0.3, 0.4) is 0 Å². The minimum atomic E-state index is -0.102. The lowest BCUT2D eigenvalue weighted by molar-refractivity contribution is 0.0763. The van der Waals surface area contributed by atoms with E-state index >= 15 is 0 Å². The van der Waals surface area contributed by atoms with E-state index in [2.05, 4.69) is 11.6 Å². The minimum absolute atomic E-state index is 0.102. The molecule has 2 aromatic heterocycles. The maximum absolute atomic E-state index is 12.5. The molecule has 0 aliphatic rings. The number of ether oxygens (including phenoxy) is 1. The molecular weight excluding hydrogens is 308 g/mol. The van der Waals surface area contributed by atoms with E-state index in [0.29, 0.717) is 28.9 Å². The number of carbonyl (C=O) groups is 1. The summed E-state index contributed by atoms with van der Waals surface area (Å²) in [6, 6.07) is 7.11. The van der Waals surface area contributed by atoms with E-state index in [9.17, 15) is 4.79 Å². The number of halogens is 1. The average Bonchev–Trinajstić information content (AvgIpc) is 2.91. The van der Waals surface area contributed by atoms with Gasteiger partial charge in [-0.05, 0) is 18.2 Å². The van der Waals surface area contributed by atoms with Gasteiger partial charge < -0.3 is 9.64 Å². The quantitative estimate of drug-likeness (QED) is 0.763. The second-order valence-electron chi connectivity index (χ2n) is 4.27. The van der Waals surface area contributed by atoms with Crippen LogP contribution in [0, 0.1) is 0 Å². The van der Waals surface area contributed by atoms with Crippen LogP contribution in [0.1, 0.15) is 15.2 Å². The van der Waals surface area contributed by atoms with E-state index in [1.807, 2.05) is 12.1 Å². The lowest BCUT2D eigenvalue weighted by atomic mass is 10.2. The van der Waals surface area contributed by atoms with Crippen molar-refractivity contribution < 1.29 is 9.53 Å². The molecule has 0 radical (unpaired) electrons. The molecule has 21 heavy (non-hydrogen) atoms. The van der Waals surface area contributed by atoms with Gasteiger partial charge in [0.25, 0.3) is 5.91 Å². The van der Waals surface area contributed by atoms with Crippen LogP contribution < -0.4 is 4.74 Å². The molecule has 1 amide bonds. The van der Waals surface area contributed by atoms with E-state index in [0.717, 1.165) is 4.88 Å². The normalized spacial score (nSPS) is 10.2. The van der Waals surface area contributed by atoms with Crippen LogP contribution in [0.25, 0.3) is 0 Å². The lowest BCUT2D eigenvalue weighted by Crippen LogP contribution is -2.30. The highest BCUT2D eigenvalue weighted by molar-refractivity contribution is 7.16. The number of methoxy groups -OCH3 is 1. The van der Waals surface area contributed by atoms with E-state index in [1.165, 1.54) is 24.6 Å². The van der Waals surface area contributed by atoms with Crippen molar-refractivity contribution in [1.29, 1.82) is 0 Å². The van der Waals surface area contributed by atoms with E-state index in [-0.39, 0.29) is 5.91 Å². The molecule has 2 rings (SSSR count). The van der Waals surface area contributed by atoms with Gasteiger partial charge in [0.2, 0.25) is 5.88 Å². The standard InChI is InChI=1S/C15H15ClN2O2S/c1-3-8-18(10-12-5-6-13(16)21-12)15(19)11-4-7-14(20-2)17-9-11/h3-7,9H,1,8,10H2,2H3. The molecule has 4 nitrogen and oxygen atoms in total. The van der Waals surface area contributed by atoms with Gasteiger partial charge in [-0.15, -0.1) is 17.9 Å². The van der Waals surface area contributed by atoms with Crippen molar-refractivity contribution >= 4 is 28.8 Å². The molecule has 0 saturated heterocycles. The highest BCUT2D eigenvalue weighted by atomic mass is 35.5. The molecule has 0 aromatic carbocycles. The van der Waals surface area contributed by atoms with Crippen molar-refractivity contribution in [2.45, 2.75) is 6.54 Å². The topological polar surface area (TPSA) is 42.4 Å². The van der Waals surface area contributed by atoms with Crippen LogP contribution in [-0.2, 0) is 6.54 Å². The molecule has 0 unspecified atom stereocenters. The molecule has 0 aliphatic heterocycles. The maximum Gasteiger partial charge on any atom is 0.256 e. The largest absolute Gasteiger partial charge is 0.481 e. The molecule has 0 aliphatic carbocycles. The summed E-state index contributed by atoms with van der Waals surface area (Å²) in [6.45, 7) is 4.65. The summed E-state index contributed by atoms with van der Waals surface area (Å²) in [5.41, 5.74) is 0.514. The number of thiophene rings is 1. The van der Waals surface area contributed by atoms with Crippen LogP contribution in [0.5, 0.6) is 5.88 Å². The van der Waals surface area contributed by atoms with Crippen LogP contribution in [-0.4, -0.2) is 29.4 Å². The monoisotopic (exact) mass is 322 g/mol. The van der Waals surface area contributed by atoms with Gasteiger partial charge in [-0.2, -0.15) is 0 Å². The zero-order valence-corrected chi connectivity index (χ0v) is 13.2. The fourth-order valence-electron chi connectivity index (χ4n) is 1.81. The predicted molar refractivity (Wildman–Crippen MR) is 85.1 cm³/mol. The minimum Gasteiger partial charge on any atom is -0.481 e. The fourth-order valence-corrected chi connectivity index (χ4v) is 2.91. The van der Waals surface area contributed by atoms with Crippen molar-refractivity contribution in [2.24, 2.45) is 0 Å². The Balaban J connectivity index is 2.15. The van der Waals surface area contributed by atoms with Crippen LogP contribution >= 0.6 is 22.9 Å². The van der Waals surface area contributed by atoms with Gasteiger partial charge >= 0.3 is 0 Å². The third-order valence-corrected chi connectivity index (χ3v) is 4.02. The molecule has 6 heteroatoms. The smallest absolute Gasteiger partial charge is 0.256 e. The predicted octanol–water partition coefficient (Wildman–Crippen LogP) is 3.63. The van der Waals surface area contributed by atoms with Gasteiger partial charge in [-0.3, -0.25) is 4.79 Å². The Morgan fingerprint density at radius 3 is 2.81 bits per heavy atom. The maximum atomic E-state index is 12.5. The van der Waals surface area contributed by atoms with Crippen LogP contribution in [0.2, 0.25) is 4.34 Å². The summed E-state index contributed by atoms with van der Waals surface area (Å²) in [7, 11) is 1.54. The molecule has 2 aromatic rings. The molecule has 0 spiro atoms. The van der Waals surface area contributed by atoms with Gasteiger partial charge in [-0.1, -0.05) is 17.7 Å². The first kappa shape index (κ1) is 15.5. The summed E-state index contributed by atoms with van der Waals surface area (Å²) in [5.74, 6) is 0.376. The summed E-state index contributed by atoms with van der Waals surface area (Å²) in [6.07, 6.45) is 3.21. The number of hydrogen-bond acceptors (Lipinski definition) is 4. The first-order chi connectivity index (χ1) is 10.1. The van der Waals surface area contributed by atoms with E-state index < -0.39 is 0 Å². The van der Waals surface area contributed by atoms with Crippen molar-refractivity contribution in [3.63, 3.8) is 0 Å². The SMILES string of the molecule is C=CCN(Cc1ccc(Cl)s1)C(=O)c1ccc(OC)nc1. The number of aromatic nitrogens is 1. The molecule has 110 valence electrons. The third kappa shape index (κ3) is 4.06. The molecule has 0 atom stereocenters. The molecule has 2 heterocycles. The van der Waals surface area contributed by atoms with Crippen molar-refractivity contribution in [1.82, 2.24) is 9.88 Å². The highest BCUT2D eigenvalue weighted by Gasteiger charge is 2.16. The first-order valence-corrected chi connectivity index (χ1v) is 7.48. The summed E-state index contributed by atoms with van der Waals surface area (Å²) in [5, 5.41) is 0. The second-order valence-corrected chi connectivity index (χ2v) is 6.07. The number of carbonyl (C=O) groups excluding carboxylic acids is 1. The molecule has 0 saturated carbocycles. The molecule has 0 bridgehead atoms. The number of nitrogens with zero attached hydrogens (tertiary/aromatic N) is 2. The Labute approximate surface area is 132 Å². The fraction of sp³-hybridized carbons (Fsp3) is 0.200. The van der Waals surface area contributed by atoms with E-state index in [4.69, 9.17) is 16.3 Å². The Morgan fingerprint density at radius 2 is 2.29 bits per heavy atom. The second kappa shape index (κ2) is 7.24. The lowest BCUT2D eigenvalue weighted by Gasteiger charge is -2.20. The van der Waals surface area contributed by atoms with Gasteiger partial charge in [0.05, 0.1) is 23.6 Å². The summed E-state index contributed by atoms with van der Waals surface area (Å²) in [4.78, 5) is 19.3. The van der Waals surface area contributed by atoms with Crippen molar-refractivity contribution in [3.8, 4) is 5.88 Å². The average molecular weight is 323 g/mol. The Bertz CT molecular complexity index is 625. The van der Waals surface area contributed by atoms with Crippen LogP contribution in [0.4, 0.5) is 0 Å². The number of amides is 1. The first-order valence-electron chi connectivity index (χ1n) is 6.28. The molecule has 0 fully saturated rings.